The first-order valence-electron chi connectivity index (χ1n) is 9.23. The molecule has 0 spiro atoms. The Morgan fingerprint density at radius 1 is 0.933 bits per heavy atom. The topological polar surface area (TPSA) is 75.1 Å². The van der Waals surface area contributed by atoms with Crippen LogP contribution >= 0.6 is 0 Å². The standard InChI is InChI=1S/C20H17F3N6O/c21-20(22,23)16-12-17(27-18(26-16)14-3-6-24-7-4-14)28-8-10-29(11-9-28)19(30)15-2-1-5-25-13-15/h1-7,12-13H,8-11H2. The molecule has 1 fully saturated rings. The summed E-state index contributed by atoms with van der Waals surface area (Å²) in [5, 5.41) is 0. The Balaban J connectivity index is 1.56. The van der Waals surface area contributed by atoms with E-state index < -0.39 is 11.9 Å². The predicted octanol–water partition coefficient (Wildman–Crippen LogP) is 2.91. The first kappa shape index (κ1) is 19.7. The molecule has 154 valence electrons. The van der Waals surface area contributed by atoms with Gasteiger partial charge >= 0.3 is 6.18 Å². The second kappa shape index (κ2) is 8.05. The SMILES string of the molecule is O=C(c1cccnc1)N1CCN(c2cc(C(F)(F)F)nc(-c3ccncc3)n2)CC1. The molecule has 7 nitrogen and oxygen atoms in total. The molecule has 0 saturated carbocycles. The van der Waals surface area contributed by atoms with Crippen LogP contribution in [-0.4, -0.2) is 56.9 Å². The number of carbonyl (C=O) groups excluding carboxylic acids is 1. The molecule has 1 aliphatic heterocycles. The zero-order valence-corrected chi connectivity index (χ0v) is 15.8. The van der Waals surface area contributed by atoms with E-state index in [9.17, 15) is 18.0 Å². The highest BCUT2D eigenvalue weighted by Gasteiger charge is 2.35. The second-order valence-corrected chi connectivity index (χ2v) is 6.69. The first-order valence-corrected chi connectivity index (χ1v) is 9.23. The summed E-state index contributed by atoms with van der Waals surface area (Å²) in [6, 6.07) is 7.43. The third-order valence-electron chi connectivity index (χ3n) is 4.74. The molecule has 30 heavy (non-hydrogen) atoms. The van der Waals surface area contributed by atoms with E-state index in [-0.39, 0.29) is 17.5 Å². The number of amides is 1. The number of hydrogen-bond donors (Lipinski definition) is 0. The maximum absolute atomic E-state index is 13.4. The normalized spacial score (nSPS) is 14.6. The van der Waals surface area contributed by atoms with Crippen molar-refractivity contribution >= 4 is 11.7 Å². The van der Waals surface area contributed by atoms with E-state index in [0.29, 0.717) is 37.3 Å². The van der Waals surface area contributed by atoms with Crippen LogP contribution in [0.15, 0.2) is 55.1 Å². The van der Waals surface area contributed by atoms with Crippen molar-refractivity contribution in [1.29, 1.82) is 0 Å². The van der Waals surface area contributed by atoms with Gasteiger partial charge in [0.1, 0.15) is 5.82 Å². The van der Waals surface area contributed by atoms with Gasteiger partial charge in [0.15, 0.2) is 11.5 Å². The van der Waals surface area contributed by atoms with Crippen molar-refractivity contribution in [2.24, 2.45) is 0 Å². The minimum atomic E-state index is -4.60. The zero-order valence-electron chi connectivity index (χ0n) is 15.8. The van der Waals surface area contributed by atoms with Gasteiger partial charge in [0.2, 0.25) is 0 Å². The molecule has 1 aliphatic rings. The van der Waals surface area contributed by atoms with E-state index in [1.165, 1.54) is 18.6 Å². The number of hydrogen-bond acceptors (Lipinski definition) is 6. The van der Waals surface area contributed by atoms with Crippen molar-refractivity contribution in [1.82, 2.24) is 24.8 Å². The van der Waals surface area contributed by atoms with E-state index >= 15 is 0 Å². The minimum absolute atomic E-state index is 0.0175. The van der Waals surface area contributed by atoms with Gasteiger partial charge in [0.05, 0.1) is 5.56 Å². The van der Waals surface area contributed by atoms with Crippen LogP contribution in [0, 0.1) is 0 Å². The Hall–Kier alpha value is -3.56. The molecule has 0 bridgehead atoms. The summed E-state index contributed by atoms with van der Waals surface area (Å²) in [5.74, 6) is 0.00703. The number of carbonyl (C=O) groups is 1. The Kier molecular flexibility index (Phi) is 5.30. The number of aromatic nitrogens is 4. The number of nitrogens with zero attached hydrogens (tertiary/aromatic N) is 6. The Morgan fingerprint density at radius 2 is 1.67 bits per heavy atom. The summed E-state index contributed by atoms with van der Waals surface area (Å²) < 4.78 is 40.2. The van der Waals surface area contributed by atoms with Gasteiger partial charge in [-0.05, 0) is 24.3 Å². The van der Waals surface area contributed by atoms with E-state index in [4.69, 9.17) is 0 Å². The molecule has 0 atom stereocenters. The third-order valence-corrected chi connectivity index (χ3v) is 4.74. The molecule has 4 heterocycles. The molecule has 0 unspecified atom stereocenters. The lowest BCUT2D eigenvalue weighted by atomic mass is 10.2. The Labute approximate surface area is 170 Å². The highest BCUT2D eigenvalue weighted by molar-refractivity contribution is 5.94. The van der Waals surface area contributed by atoms with Crippen LogP contribution in [-0.2, 0) is 6.18 Å². The molecular formula is C20H17F3N6O. The van der Waals surface area contributed by atoms with Gasteiger partial charge in [-0.3, -0.25) is 14.8 Å². The quantitative estimate of drug-likeness (QED) is 0.656. The monoisotopic (exact) mass is 414 g/mol. The van der Waals surface area contributed by atoms with Crippen LogP contribution in [0.1, 0.15) is 16.1 Å². The summed E-state index contributed by atoms with van der Waals surface area (Å²) in [6.45, 7) is 1.44. The smallest absolute Gasteiger partial charge is 0.353 e. The average molecular weight is 414 g/mol. The van der Waals surface area contributed by atoms with Crippen LogP contribution in [0.5, 0.6) is 0 Å². The van der Waals surface area contributed by atoms with Crippen LogP contribution < -0.4 is 4.90 Å². The van der Waals surface area contributed by atoms with Gasteiger partial charge in [-0.15, -0.1) is 0 Å². The van der Waals surface area contributed by atoms with Crippen LogP contribution in [0.3, 0.4) is 0 Å². The van der Waals surface area contributed by atoms with E-state index in [1.807, 2.05) is 0 Å². The van der Waals surface area contributed by atoms with E-state index in [0.717, 1.165) is 6.07 Å². The molecule has 1 amide bonds. The van der Waals surface area contributed by atoms with Crippen molar-refractivity contribution in [3.05, 3.63) is 66.4 Å². The highest BCUT2D eigenvalue weighted by Crippen LogP contribution is 2.32. The van der Waals surface area contributed by atoms with Gasteiger partial charge in [-0.1, -0.05) is 0 Å². The largest absolute Gasteiger partial charge is 0.433 e. The third kappa shape index (κ3) is 4.22. The number of piperazine rings is 1. The summed E-state index contributed by atoms with van der Waals surface area (Å²) >= 11 is 0. The molecule has 10 heteroatoms. The van der Waals surface area contributed by atoms with Crippen LogP contribution in [0.25, 0.3) is 11.4 Å². The minimum Gasteiger partial charge on any atom is -0.353 e. The fraction of sp³-hybridized carbons (Fsp3) is 0.250. The molecule has 3 aromatic rings. The van der Waals surface area contributed by atoms with Crippen molar-refractivity contribution in [3.63, 3.8) is 0 Å². The molecule has 0 aromatic carbocycles. The number of anilines is 1. The fourth-order valence-corrected chi connectivity index (χ4v) is 3.18. The first-order chi connectivity index (χ1) is 14.4. The van der Waals surface area contributed by atoms with Gasteiger partial charge in [-0.25, -0.2) is 9.97 Å². The Morgan fingerprint density at radius 3 is 2.30 bits per heavy atom. The predicted molar refractivity (Wildman–Crippen MR) is 103 cm³/mol. The lowest BCUT2D eigenvalue weighted by molar-refractivity contribution is -0.141. The average Bonchev–Trinajstić information content (AvgIpc) is 2.79. The molecule has 0 radical (unpaired) electrons. The Bertz CT molecular complexity index is 1020. The van der Waals surface area contributed by atoms with Gasteiger partial charge in [0.25, 0.3) is 5.91 Å². The number of halogens is 3. The molecule has 0 aliphatic carbocycles. The summed E-state index contributed by atoms with van der Waals surface area (Å²) in [6.07, 6.45) is 1.43. The fourth-order valence-electron chi connectivity index (χ4n) is 3.18. The summed E-state index contributed by atoms with van der Waals surface area (Å²) in [5.41, 5.74) is -0.0803. The molecule has 1 saturated heterocycles. The molecule has 4 rings (SSSR count). The summed E-state index contributed by atoms with van der Waals surface area (Å²) in [4.78, 5) is 31.8. The van der Waals surface area contributed by atoms with Crippen molar-refractivity contribution in [2.45, 2.75) is 6.18 Å². The van der Waals surface area contributed by atoms with E-state index in [2.05, 4.69) is 19.9 Å². The number of pyridine rings is 2. The number of rotatable bonds is 3. The van der Waals surface area contributed by atoms with Crippen molar-refractivity contribution < 1.29 is 18.0 Å². The summed E-state index contributed by atoms with van der Waals surface area (Å²) in [7, 11) is 0. The lowest BCUT2D eigenvalue weighted by Gasteiger charge is -2.35. The van der Waals surface area contributed by atoms with Gasteiger partial charge < -0.3 is 9.80 Å². The maximum atomic E-state index is 13.4. The van der Waals surface area contributed by atoms with Crippen molar-refractivity contribution in [2.75, 3.05) is 31.1 Å². The molecule has 3 aromatic heterocycles. The second-order valence-electron chi connectivity index (χ2n) is 6.69. The number of alkyl halides is 3. The lowest BCUT2D eigenvalue weighted by Crippen LogP contribution is -2.49. The van der Waals surface area contributed by atoms with Crippen LogP contribution in [0.4, 0.5) is 19.0 Å². The van der Waals surface area contributed by atoms with Gasteiger partial charge in [-0.2, -0.15) is 13.2 Å². The van der Waals surface area contributed by atoms with E-state index in [1.54, 1.807) is 40.3 Å². The van der Waals surface area contributed by atoms with Crippen LogP contribution in [0.2, 0.25) is 0 Å². The van der Waals surface area contributed by atoms with Gasteiger partial charge in [0, 0.05) is 62.6 Å². The maximum Gasteiger partial charge on any atom is 0.433 e. The molecule has 0 N–H and O–H groups in total. The van der Waals surface area contributed by atoms with Crippen molar-refractivity contribution in [3.8, 4) is 11.4 Å². The zero-order chi connectivity index (χ0) is 21.1. The molecular weight excluding hydrogens is 397 g/mol. The highest BCUT2D eigenvalue weighted by atomic mass is 19.4.